The minimum Gasteiger partial charge on any atom is -0.508 e. The monoisotopic (exact) mass is 277 g/mol. The number of benzene rings is 1. The Balaban J connectivity index is 2.11. The molecule has 0 aliphatic carbocycles. The van der Waals surface area contributed by atoms with Crippen molar-refractivity contribution in [2.24, 2.45) is 11.8 Å². The van der Waals surface area contributed by atoms with Gasteiger partial charge in [-0.3, -0.25) is 4.79 Å². The van der Waals surface area contributed by atoms with E-state index in [9.17, 15) is 15.0 Å². The number of carbonyl (C=O) groups excluding carboxylic acids is 1. The van der Waals surface area contributed by atoms with E-state index < -0.39 is 0 Å². The second-order valence-corrected chi connectivity index (χ2v) is 5.93. The average molecular weight is 277 g/mol. The molecule has 4 heteroatoms. The van der Waals surface area contributed by atoms with Crippen molar-refractivity contribution < 1.29 is 15.0 Å². The van der Waals surface area contributed by atoms with Gasteiger partial charge in [-0.1, -0.05) is 13.8 Å². The van der Waals surface area contributed by atoms with Crippen LogP contribution in [0, 0.1) is 11.8 Å². The summed E-state index contributed by atoms with van der Waals surface area (Å²) in [5, 5.41) is 19.3. The summed E-state index contributed by atoms with van der Waals surface area (Å²) < 4.78 is 0. The third-order valence-corrected chi connectivity index (χ3v) is 4.21. The van der Waals surface area contributed by atoms with E-state index in [2.05, 4.69) is 13.8 Å². The summed E-state index contributed by atoms with van der Waals surface area (Å²) in [6.07, 6.45) is 3.14. The van der Waals surface area contributed by atoms with Crippen LogP contribution in [0.2, 0.25) is 0 Å². The van der Waals surface area contributed by atoms with E-state index in [0.29, 0.717) is 11.8 Å². The number of rotatable bonds is 2. The molecule has 1 saturated heterocycles. The number of nitrogens with zero attached hydrogens (tertiary/aromatic N) is 1. The number of amides is 1. The van der Waals surface area contributed by atoms with Crippen molar-refractivity contribution in [3.63, 3.8) is 0 Å². The lowest BCUT2D eigenvalue weighted by atomic mass is 9.89. The molecule has 1 fully saturated rings. The van der Waals surface area contributed by atoms with Crippen molar-refractivity contribution in [1.82, 2.24) is 4.90 Å². The van der Waals surface area contributed by atoms with E-state index in [1.54, 1.807) is 4.90 Å². The first-order valence-electron chi connectivity index (χ1n) is 7.30. The fourth-order valence-electron chi connectivity index (χ4n) is 2.86. The zero-order valence-corrected chi connectivity index (χ0v) is 12.2. The maximum absolute atomic E-state index is 12.5. The highest BCUT2D eigenvalue weighted by atomic mass is 16.3. The molecule has 0 bridgehead atoms. The van der Waals surface area contributed by atoms with Crippen molar-refractivity contribution >= 4 is 5.91 Å². The van der Waals surface area contributed by atoms with E-state index >= 15 is 0 Å². The van der Waals surface area contributed by atoms with Gasteiger partial charge in [0.2, 0.25) is 0 Å². The van der Waals surface area contributed by atoms with Gasteiger partial charge >= 0.3 is 0 Å². The van der Waals surface area contributed by atoms with Crippen LogP contribution < -0.4 is 0 Å². The summed E-state index contributed by atoms with van der Waals surface area (Å²) in [6.45, 7) is 5.89. The Labute approximate surface area is 120 Å². The zero-order chi connectivity index (χ0) is 14.7. The summed E-state index contributed by atoms with van der Waals surface area (Å²) in [7, 11) is 0. The molecule has 1 heterocycles. The molecule has 1 unspecified atom stereocenters. The van der Waals surface area contributed by atoms with E-state index in [1.807, 2.05) is 0 Å². The van der Waals surface area contributed by atoms with E-state index in [1.165, 1.54) is 18.2 Å². The Hall–Kier alpha value is -1.71. The van der Waals surface area contributed by atoms with Gasteiger partial charge in [-0.15, -0.1) is 0 Å². The van der Waals surface area contributed by atoms with E-state index in [4.69, 9.17) is 0 Å². The summed E-state index contributed by atoms with van der Waals surface area (Å²) in [6, 6.07) is 4.07. The van der Waals surface area contributed by atoms with Gasteiger partial charge in [-0.05, 0) is 49.3 Å². The normalized spacial score (nSPS) is 19.9. The molecule has 1 amide bonds. The van der Waals surface area contributed by atoms with Crippen LogP contribution >= 0.6 is 0 Å². The van der Waals surface area contributed by atoms with Gasteiger partial charge in [0.05, 0.1) is 5.56 Å². The molecule has 1 aliphatic rings. The number of phenolic OH excluding ortho intramolecular Hbond substituents is 2. The molecule has 110 valence electrons. The molecule has 1 aliphatic heterocycles. The molecule has 0 radical (unpaired) electrons. The molecular formula is C16H23NO3. The molecular weight excluding hydrogens is 254 g/mol. The molecule has 1 aromatic rings. The second-order valence-electron chi connectivity index (χ2n) is 5.93. The van der Waals surface area contributed by atoms with Crippen molar-refractivity contribution in [2.75, 3.05) is 13.1 Å². The van der Waals surface area contributed by atoms with Crippen molar-refractivity contribution in [3.8, 4) is 11.5 Å². The molecule has 0 saturated carbocycles. The maximum Gasteiger partial charge on any atom is 0.257 e. The van der Waals surface area contributed by atoms with Crippen LogP contribution in [0.5, 0.6) is 11.5 Å². The van der Waals surface area contributed by atoms with Crippen molar-refractivity contribution in [1.29, 1.82) is 0 Å². The second kappa shape index (κ2) is 6.16. The predicted octanol–water partition coefficient (Wildman–Crippen LogP) is 3.00. The summed E-state index contributed by atoms with van der Waals surface area (Å²) in [4.78, 5) is 14.2. The minimum absolute atomic E-state index is 0.000953. The highest BCUT2D eigenvalue weighted by Gasteiger charge is 2.24. The van der Waals surface area contributed by atoms with Gasteiger partial charge in [0.25, 0.3) is 5.91 Å². The van der Waals surface area contributed by atoms with Crippen LogP contribution in [-0.2, 0) is 0 Å². The van der Waals surface area contributed by atoms with Crippen LogP contribution in [0.3, 0.4) is 0 Å². The molecule has 1 atom stereocenters. The lowest BCUT2D eigenvalue weighted by Crippen LogP contribution is -2.32. The number of hydrogen-bond donors (Lipinski definition) is 2. The van der Waals surface area contributed by atoms with Gasteiger partial charge in [-0.25, -0.2) is 0 Å². The highest BCUT2D eigenvalue weighted by Crippen LogP contribution is 2.28. The fourth-order valence-corrected chi connectivity index (χ4v) is 2.86. The fraction of sp³-hybridized carbons (Fsp3) is 0.562. The summed E-state index contributed by atoms with van der Waals surface area (Å²) >= 11 is 0. The quantitative estimate of drug-likeness (QED) is 0.817. The first-order chi connectivity index (χ1) is 9.49. The minimum atomic E-state index is -0.192. The lowest BCUT2D eigenvalue weighted by Gasteiger charge is -2.22. The lowest BCUT2D eigenvalue weighted by molar-refractivity contribution is 0.0755. The van der Waals surface area contributed by atoms with Crippen LogP contribution in [0.15, 0.2) is 18.2 Å². The van der Waals surface area contributed by atoms with Crippen LogP contribution in [-0.4, -0.2) is 34.1 Å². The maximum atomic E-state index is 12.5. The number of hydrogen-bond acceptors (Lipinski definition) is 3. The Bertz CT molecular complexity index is 485. The molecule has 1 aromatic carbocycles. The van der Waals surface area contributed by atoms with Gasteiger partial charge in [0.1, 0.15) is 11.5 Å². The number of phenols is 2. The highest BCUT2D eigenvalue weighted by molar-refractivity contribution is 5.97. The molecule has 0 spiro atoms. The smallest absolute Gasteiger partial charge is 0.257 e. The number of likely N-dealkylation sites (tertiary alicyclic amines) is 1. The van der Waals surface area contributed by atoms with Gasteiger partial charge in [0, 0.05) is 13.1 Å². The SMILES string of the molecule is CC(C)C1CCCN(C(=O)c2cc(O)ccc2O)CC1. The summed E-state index contributed by atoms with van der Waals surface area (Å²) in [5.41, 5.74) is 0.188. The van der Waals surface area contributed by atoms with Gasteiger partial charge in [0.15, 0.2) is 0 Å². The third kappa shape index (κ3) is 3.24. The third-order valence-electron chi connectivity index (χ3n) is 4.21. The predicted molar refractivity (Wildman–Crippen MR) is 77.9 cm³/mol. The standard InChI is InChI=1S/C16H23NO3/c1-11(2)12-4-3-8-17(9-7-12)16(20)14-10-13(18)5-6-15(14)19/h5-6,10-12,18-19H,3-4,7-9H2,1-2H3. The van der Waals surface area contributed by atoms with Crippen LogP contribution in [0.1, 0.15) is 43.5 Å². The first kappa shape index (κ1) is 14.7. The Morgan fingerprint density at radius 2 is 2.00 bits per heavy atom. The molecule has 4 nitrogen and oxygen atoms in total. The molecule has 2 rings (SSSR count). The summed E-state index contributed by atoms with van der Waals surface area (Å²) in [5.74, 6) is 1.03. The largest absolute Gasteiger partial charge is 0.508 e. The van der Waals surface area contributed by atoms with Crippen LogP contribution in [0.4, 0.5) is 0 Å². The van der Waals surface area contributed by atoms with E-state index in [-0.39, 0.29) is 23.0 Å². The Morgan fingerprint density at radius 3 is 2.70 bits per heavy atom. The first-order valence-corrected chi connectivity index (χ1v) is 7.30. The zero-order valence-electron chi connectivity index (χ0n) is 12.2. The topological polar surface area (TPSA) is 60.8 Å². The van der Waals surface area contributed by atoms with Crippen molar-refractivity contribution in [2.45, 2.75) is 33.1 Å². The van der Waals surface area contributed by atoms with Gasteiger partial charge in [-0.2, -0.15) is 0 Å². The van der Waals surface area contributed by atoms with Crippen molar-refractivity contribution in [3.05, 3.63) is 23.8 Å². The Morgan fingerprint density at radius 1 is 1.25 bits per heavy atom. The van der Waals surface area contributed by atoms with Gasteiger partial charge < -0.3 is 15.1 Å². The molecule has 2 N–H and O–H groups in total. The molecule has 20 heavy (non-hydrogen) atoms. The van der Waals surface area contributed by atoms with E-state index in [0.717, 1.165) is 32.4 Å². The van der Waals surface area contributed by atoms with Crippen LogP contribution in [0.25, 0.3) is 0 Å². The number of carbonyl (C=O) groups is 1. The Kier molecular flexibility index (Phi) is 4.53. The number of aromatic hydroxyl groups is 2. The molecule has 0 aromatic heterocycles. The average Bonchev–Trinajstić information content (AvgIpc) is 2.66.